The molecule has 0 aliphatic heterocycles. The molecule has 1 heterocycles. The van der Waals surface area contributed by atoms with Crippen molar-refractivity contribution in [3.63, 3.8) is 0 Å². The Hall–Kier alpha value is -1.77. The Balaban J connectivity index is 2.90. The third-order valence-electron chi connectivity index (χ3n) is 3.47. The zero-order chi connectivity index (χ0) is 13.7. The molecule has 0 unspecified atom stereocenters. The van der Waals surface area contributed by atoms with Crippen molar-refractivity contribution in [2.75, 3.05) is 0 Å². The Kier molecular flexibility index (Phi) is 2.73. The second-order valence-corrected chi connectivity index (χ2v) is 5.88. The van der Waals surface area contributed by atoms with Gasteiger partial charge >= 0.3 is 5.97 Å². The van der Waals surface area contributed by atoms with Gasteiger partial charge in [0.1, 0.15) is 0 Å². The first-order valence-corrected chi connectivity index (χ1v) is 6.08. The summed E-state index contributed by atoms with van der Waals surface area (Å²) in [6, 6.07) is 3.53. The van der Waals surface area contributed by atoms with Gasteiger partial charge in [-0.1, -0.05) is 20.8 Å². The van der Waals surface area contributed by atoms with E-state index in [9.17, 15) is 9.90 Å². The summed E-state index contributed by atoms with van der Waals surface area (Å²) in [5, 5.41) is 10.2. The summed E-state index contributed by atoms with van der Waals surface area (Å²) < 4.78 is 0. The largest absolute Gasteiger partial charge is 0.478 e. The normalized spacial score (nSPS) is 12.1. The van der Waals surface area contributed by atoms with Crippen molar-refractivity contribution < 1.29 is 9.90 Å². The van der Waals surface area contributed by atoms with E-state index in [2.05, 4.69) is 25.8 Å². The third-order valence-corrected chi connectivity index (χ3v) is 3.47. The standard InChI is InChI=1S/C15H19NO2/c1-8-9(2)16-13-11(8)6-10(14(17)18)7-12(13)15(3,4)5/h6-7,16H,1-5H3,(H,17,18). The molecule has 3 nitrogen and oxygen atoms in total. The maximum atomic E-state index is 11.2. The lowest BCUT2D eigenvalue weighted by molar-refractivity contribution is 0.0697. The summed E-state index contributed by atoms with van der Waals surface area (Å²) in [7, 11) is 0. The zero-order valence-corrected chi connectivity index (χ0v) is 11.5. The molecule has 18 heavy (non-hydrogen) atoms. The van der Waals surface area contributed by atoms with Crippen molar-refractivity contribution in [3.05, 3.63) is 34.5 Å². The lowest BCUT2D eigenvalue weighted by atomic mass is 9.84. The number of aromatic amines is 1. The molecule has 1 aromatic heterocycles. The van der Waals surface area contributed by atoms with Gasteiger partial charge in [0.05, 0.1) is 5.56 Å². The Morgan fingerprint density at radius 2 is 1.83 bits per heavy atom. The number of carboxylic acids is 1. The van der Waals surface area contributed by atoms with Gasteiger partial charge in [0.15, 0.2) is 0 Å². The fraction of sp³-hybridized carbons (Fsp3) is 0.400. The molecule has 2 rings (SSSR count). The fourth-order valence-corrected chi connectivity index (χ4v) is 2.27. The van der Waals surface area contributed by atoms with Crippen LogP contribution in [-0.2, 0) is 5.41 Å². The van der Waals surface area contributed by atoms with Crippen LogP contribution in [0.3, 0.4) is 0 Å². The number of carbonyl (C=O) groups is 1. The van der Waals surface area contributed by atoms with Crippen LogP contribution in [0.4, 0.5) is 0 Å². The number of benzene rings is 1. The van der Waals surface area contributed by atoms with E-state index in [1.54, 1.807) is 12.1 Å². The van der Waals surface area contributed by atoms with E-state index in [4.69, 9.17) is 0 Å². The van der Waals surface area contributed by atoms with Crippen molar-refractivity contribution in [2.24, 2.45) is 0 Å². The summed E-state index contributed by atoms with van der Waals surface area (Å²) >= 11 is 0. The highest BCUT2D eigenvalue weighted by atomic mass is 16.4. The molecule has 0 radical (unpaired) electrons. The predicted octanol–water partition coefficient (Wildman–Crippen LogP) is 3.78. The van der Waals surface area contributed by atoms with Crippen LogP contribution in [0.1, 0.15) is 48.0 Å². The topological polar surface area (TPSA) is 53.1 Å². The second kappa shape index (κ2) is 3.87. The van der Waals surface area contributed by atoms with Crippen LogP contribution < -0.4 is 0 Å². The molecule has 96 valence electrons. The quantitative estimate of drug-likeness (QED) is 0.803. The number of hydrogen-bond acceptors (Lipinski definition) is 1. The van der Waals surface area contributed by atoms with Gasteiger partial charge in [-0.3, -0.25) is 0 Å². The minimum Gasteiger partial charge on any atom is -0.478 e. The highest BCUT2D eigenvalue weighted by Gasteiger charge is 2.21. The lowest BCUT2D eigenvalue weighted by Gasteiger charge is -2.20. The summed E-state index contributed by atoms with van der Waals surface area (Å²) in [4.78, 5) is 14.6. The maximum Gasteiger partial charge on any atom is 0.335 e. The minimum absolute atomic E-state index is 0.0898. The SMILES string of the molecule is Cc1[nH]c2c(C(C)(C)C)cc(C(=O)O)cc2c1C. The molecular weight excluding hydrogens is 226 g/mol. The monoisotopic (exact) mass is 245 g/mol. The second-order valence-electron chi connectivity index (χ2n) is 5.88. The summed E-state index contributed by atoms with van der Waals surface area (Å²) in [6.45, 7) is 10.3. The van der Waals surface area contributed by atoms with Crippen LogP contribution in [0.15, 0.2) is 12.1 Å². The van der Waals surface area contributed by atoms with Crippen LogP contribution in [0.25, 0.3) is 10.9 Å². The summed E-state index contributed by atoms with van der Waals surface area (Å²) in [5.41, 5.74) is 4.59. The molecule has 2 aromatic rings. The van der Waals surface area contributed by atoms with Crippen molar-refractivity contribution in [1.82, 2.24) is 4.98 Å². The van der Waals surface area contributed by atoms with Gasteiger partial charge < -0.3 is 10.1 Å². The average Bonchev–Trinajstić information content (AvgIpc) is 2.52. The molecule has 0 amide bonds. The van der Waals surface area contributed by atoms with Gasteiger partial charge in [-0.15, -0.1) is 0 Å². The van der Waals surface area contributed by atoms with Crippen LogP contribution in [0.2, 0.25) is 0 Å². The Labute approximate surface area is 107 Å². The highest BCUT2D eigenvalue weighted by molar-refractivity contribution is 5.97. The third kappa shape index (κ3) is 1.90. The molecule has 1 aromatic carbocycles. The summed E-state index contributed by atoms with van der Waals surface area (Å²) in [5.74, 6) is -0.874. The van der Waals surface area contributed by atoms with Crippen LogP contribution >= 0.6 is 0 Å². The average molecular weight is 245 g/mol. The number of hydrogen-bond donors (Lipinski definition) is 2. The van der Waals surface area contributed by atoms with E-state index in [1.807, 2.05) is 13.8 Å². The molecule has 0 fully saturated rings. The van der Waals surface area contributed by atoms with Crippen molar-refractivity contribution in [1.29, 1.82) is 0 Å². The Morgan fingerprint density at radius 1 is 1.22 bits per heavy atom. The molecular formula is C15H19NO2. The highest BCUT2D eigenvalue weighted by Crippen LogP contribution is 2.33. The Bertz CT molecular complexity index is 630. The Morgan fingerprint density at radius 3 is 2.33 bits per heavy atom. The van der Waals surface area contributed by atoms with E-state index >= 15 is 0 Å². The molecule has 3 heteroatoms. The van der Waals surface area contributed by atoms with Gasteiger partial charge in [-0.25, -0.2) is 4.79 Å². The number of H-pyrrole nitrogens is 1. The number of aromatic carboxylic acids is 1. The molecule has 0 atom stereocenters. The molecule has 0 bridgehead atoms. The fourth-order valence-electron chi connectivity index (χ4n) is 2.27. The van der Waals surface area contributed by atoms with Gasteiger partial charge in [-0.05, 0) is 42.5 Å². The number of rotatable bonds is 1. The number of nitrogens with one attached hydrogen (secondary N) is 1. The van der Waals surface area contributed by atoms with Gasteiger partial charge in [0.25, 0.3) is 0 Å². The van der Waals surface area contributed by atoms with E-state index in [0.717, 1.165) is 27.7 Å². The van der Waals surface area contributed by atoms with E-state index in [0.29, 0.717) is 5.56 Å². The molecule has 0 saturated heterocycles. The number of aryl methyl sites for hydroxylation is 2. The number of carboxylic acid groups (broad SMARTS) is 1. The van der Waals surface area contributed by atoms with Crippen molar-refractivity contribution in [2.45, 2.75) is 40.0 Å². The van der Waals surface area contributed by atoms with Gasteiger partial charge in [-0.2, -0.15) is 0 Å². The van der Waals surface area contributed by atoms with Gasteiger partial charge in [0.2, 0.25) is 0 Å². The molecule has 0 aliphatic carbocycles. The minimum atomic E-state index is -0.874. The van der Waals surface area contributed by atoms with Gasteiger partial charge in [0, 0.05) is 16.6 Å². The smallest absolute Gasteiger partial charge is 0.335 e. The van der Waals surface area contributed by atoms with Crippen LogP contribution in [0.5, 0.6) is 0 Å². The van der Waals surface area contributed by atoms with E-state index in [1.165, 1.54) is 0 Å². The molecule has 2 N–H and O–H groups in total. The zero-order valence-electron chi connectivity index (χ0n) is 11.5. The number of fused-ring (bicyclic) bond motifs is 1. The van der Waals surface area contributed by atoms with Crippen molar-refractivity contribution >= 4 is 16.9 Å². The van der Waals surface area contributed by atoms with Crippen LogP contribution in [-0.4, -0.2) is 16.1 Å². The predicted molar refractivity (Wildman–Crippen MR) is 73.4 cm³/mol. The first-order valence-electron chi connectivity index (χ1n) is 6.08. The molecule has 0 saturated carbocycles. The molecule has 0 spiro atoms. The number of aromatic nitrogens is 1. The van der Waals surface area contributed by atoms with Crippen molar-refractivity contribution in [3.8, 4) is 0 Å². The summed E-state index contributed by atoms with van der Waals surface area (Å²) in [6.07, 6.45) is 0. The van der Waals surface area contributed by atoms with E-state index in [-0.39, 0.29) is 5.41 Å². The molecule has 0 aliphatic rings. The lowest BCUT2D eigenvalue weighted by Crippen LogP contribution is -2.13. The first-order chi connectivity index (χ1) is 8.21. The maximum absolute atomic E-state index is 11.2. The first kappa shape index (κ1) is 12.7. The van der Waals surface area contributed by atoms with Crippen LogP contribution in [0, 0.1) is 13.8 Å². The van der Waals surface area contributed by atoms with E-state index < -0.39 is 5.97 Å².